The predicted molar refractivity (Wildman–Crippen MR) is 70.5 cm³/mol. The van der Waals surface area contributed by atoms with Crippen molar-refractivity contribution in [3.63, 3.8) is 0 Å². The summed E-state index contributed by atoms with van der Waals surface area (Å²) in [5.74, 6) is 0. The van der Waals surface area contributed by atoms with E-state index in [1.807, 2.05) is 0 Å². The molecule has 0 bridgehead atoms. The van der Waals surface area contributed by atoms with Gasteiger partial charge in [-0.05, 0) is 0 Å². The summed E-state index contributed by atoms with van der Waals surface area (Å²) in [5.41, 5.74) is 0. The molecule has 0 amide bonds. The van der Waals surface area contributed by atoms with Crippen molar-refractivity contribution in [2.45, 2.75) is 0 Å². The summed E-state index contributed by atoms with van der Waals surface area (Å²) in [4.78, 5) is 180. The van der Waals surface area contributed by atoms with Crippen LogP contribution in [0.2, 0.25) is 0 Å². The van der Waals surface area contributed by atoms with Crippen LogP contribution in [0.5, 0.6) is 0 Å². The van der Waals surface area contributed by atoms with Crippen molar-refractivity contribution < 1.29 is 289 Å². The standard InChI is InChI=1S/3Al.3Li.7H3O4P.3Y/c;;;;;;7*1-5(2,3)4;;;/h;;;;;;7*(H3,1,2,3,4);;;/q3*+3;3*+1;;;;;;;;3*+3/p-21. The van der Waals surface area contributed by atoms with E-state index in [9.17, 15) is 0 Å². The molecule has 0 aromatic heterocycles. The third-order valence-electron chi connectivity index (χ3n) is 0. The van der Waals surface area contributed by atoms with Crippen LogP contribution in [-0.2, 0) is 130 Å². The summed E-state index contributed by atoms with van der Waals surface area (Å²) in [6, 6.07) is 0. The Morgan fingerprint density at radius 3 is 0.205 bits per heavy atom. The Hall–Kier alpha value is 7.47. The first-order chi connectivity index (χ1) is 14.0. The van der Waals surface area contributed by atoms with Crippen LogP contribution in [0.25, 0.3) is 0 Å². The van der Waals surface area contributed by atoms with Crippen LogP contribution in [0, 0.1) is 0 Å². The zero-order valence-electron chi connectivity index (χ0n) is 21.0. The predicted octanol–water partition coefficient (Wildman–Crippen LogP) is -29.9. The topological polar surface area (TPSA) is 604 Å². The molecule has 0 saturated heterocycles. The van der Waals surface area contributed by atoms with E-state index in [0.717, 1.165) is 0 Å². The summed E-state index contributed by atoms with van der Waals surface area (Å²) >= 11 is 0. The maximum Gasteiger partial charge on any atom is 3.00 e. The largest absolute Gasteiger partial charge is 3.00 e. The van der Waals surface area contributed by atoms with Gasteiger partial charge in [0.2, 0.25) is 0 Å². The van der Waals surface area contributed by atoms with E-state index >= 15 is 0 Å². The number of hydrogen-bond donors (Lipinski definition) is 0. The van der Waals surface area contributed by atoms with Crippen molar-refractivity contribution in [1.82, 2.24) is 0 Å². The van der Waals surface area contributed by atoms with Crippen molar-refractivity contribution in [1.29, 1.82) is 0 Å². The van der Waals surface area contributed by atoms with E-state index in [4.69, 9.17) is 135 Å². The van der Waals surface area contributed by atoms with Gasteiger partial charge in [-0.25, -0.2) is 0 Å². The Labute approximate surface area is 390 Å². The maximum atomic E-state index is 8.55. The van der Waals surface area contributed by atoms with Crippen molar-refractivity contribution in [2.24, 2.45) is 0 Å². The second-order valence-electron chi connectivity index (χ2n) is 3.13. The van der Waals surface area contributed by atoms with Crippen LogP contribution in [0.1, 0.15) is 0 Å². The smallest absolute Gasteiger partial charge is 0.822 e. The molecule has 0 fully saturated rings. The van der Waals surface area contributed by atoms with Crippen LogP contribution < -0.4 is 159 Å². The molecule has 0 saturated carbocycles. The molecule has 0 aliphatic rings. The Bertz CT molecular complexity index is 591. The molecule has 44 heavy (non-hydrogen) atoms. The normalized spacial score (nSPS) is 9.39. The molecule has 0 unspecified atom stereocenters. The fraction of sp³-hybridized carbons (Fsp3) is 0. The van der Waals surface area contributed by atoms with Gasteiger partial charge in [0, 0.05) is 0 Å². The van der Waals surface area contributed by atoms with Gasteiger partial charge in [-0.15, -0.1) is 0 Å². The van der Waals surface area contributed by atoms with Gasteiger partial charge < -0.3 is 135 Å². The minimum Gasteiger partial charge on any atom is -0.822 e. The van der Waals surface area contributed by atoms with Crippen LogP contribution in [-0.4, -0.2) is 52.1 Å². The first-order valence-corrected chi connectivity index (χ1v) is 15.3. The molecule has 0 rings (SSSR count). The van der Waals surface area contributed by atoms with Crippen LogP contribution >= 0.6 is 54.8 Å². The van der Waals surface area contributed by atoms with E-state index in [1.54, 1.807) is 0 Å². The van der Waals surface area contributed by atoms with E-state index < -0.39 is 54.8 Å². The summed E-state index contributed by atoms with van der Waals surface area (Å²) in [6.45, 7) is 0. The fourth-order valence-electron chi connectivity index (χ4n) is 0. The van der Waals surface area contributed by atoms with Gasteiger partial charge in [0.15, 0.2) is 0 Å². The van der Waals surface area contributed by atoms with Crippen LogP contribution in [0.3, 0.4) is 0 Å². The fourth-order valence-corrected chi connectivity index (χ4v) is 0. The second-order valence-corrected chi connectivity index (χ2v) is 9.39. The molecular weight excluding hydrogens is 1030 g/mol. The molecule has 0 atom stereocenters. The van der Waals surface area contributed by atoms with Crippen molar-refractivity contribution in [2.75, 3.05) is 0 Å². The van der Waals surface area contributed by atoms with Crippen molar-refractivity contribution in [3.8, 4) is 0 Å². The molecule has 28 nitrogen and oxygen atoms in total. The molecule has 0 aliphatic heterocycles. The SMILES string of the molecule is O=P([O-])([O-])[O-].O=P([O-])([O-])[O-].O=P([O-])([O-])[O-].O=P([O-])([O-])[O-].O=P([O-])([O-])[O-].O=P([O-])([O-])[O-].O=P([O-])([O-])[O-].[Al+3].[Al+3].[Al+3].[Li+].[Li+].[Li+].[Y+3].[Y+3].[Y+3]. The Balaban J connectivity index is -0.0000000144. The molecule has 44 heteroatoms. The van der Waals surface area contributed by atoms with Gasteiger partial charge in [0.25, 0.3) is 0 Å². The van der Waals surface area contributed by atoms with E-state index in [2.05, 4.69) is 0 Å². The Morgan fingerprint density at radius 1 is 0.205 bits per heavy atom. The summed E-state index contributed by atoms with van der Waals surface area (Å²) in [5, 5.41) is 0. The minimum atomic E-state index is -5.39. The summed E-state index contributed by atoms with van der Waals surface area (Å²) in [6.07, 6.45) is 0. The molecule has 0 heterocycles. The Kier molecular flexibility index (Phi) is 120. The molecule has 0 aromatic carbocycles. The molecule has 0 spiro atoms. The number of rotatable bonds is 0. The van der Waals surface area contributed by atoms with Crippen molar-refractivity contribution in [3.05, 3.63) is 0 Å². The van der Waals surface area contributed by atoms with Crippen LogP contribution in [0.4, 0.5) is 0 Å². The zero-order valence-corrected chi connectivity index (χ0v) is 39.3. The first-order valence-electron chi connectivity index (χ1n) is 5.11. The second kappa shape index (κ2) is 50.5. The van der Waals surface area contributed by atoms with Crippen LogP contribution in [0.15, 0.2) is 0 Å². The molecule has 0 aromatic rings. The van der Waals surface area contributed by atoms with Gasteiger partial charge in [0.1, 0.15) is 0 Å². The molecule has 224 valence electrons. The monoisotopic (exact) mass is 1030 g/mol. The summed E-state index contributed by atoms with van der Waals surface area (Å²) < 4.78 is 59.8. The maximum absolute atomic E-state index is 8.55. The quantitative estimate of drug-likeness (QED) is 0.161. The van der Waals surface area contributed by atoms with Gasteiger partial charge in [-0.2, -0.15) is 54.8 Å². The van der Waals surface area contributed by atoms with E-state index in [0.29, 0.717) is 0 Å². The third-order valence-corrected chi connectivity index (χ3v) is 0. The van der Waals surface area contributed by atoms with Gasteiger partial charge >= 0.3 is 207 Å². The van der Waals surface area contributed by atoms with E-state index in [1.165, 1.54) is 0 Å². The minimum absolute atomic E-state index is 0. The van der Waals surface area contributed by atoms with Gasteiger partial charge in [-0.3, -0.25) is 0 Å². The molecule has 0 radical (unpaired) electrons. The third kappa shape index (κ3) is 2080. The Morgan fingerprint density at radius 2 is 0.205 bits per heavy atom. The molecule has 0 N–H and O–H groups in total. The average molecular weight is 1030 g/mol. The van der Waals surface area contributed by atoms with Gasteiger partial charge in [-0.1, -0.05) is 0 Å². The van der Waals surface area contributed by atoms with Gasteiger partial charge in [0.05, 0.1) is 0 Å². The zero-order chi connectivity index (χ0) is 31.5. The molecule has 0 aliphatic carbocycles. The van der Waals surface area contributed by atoms with E-state index in [-0.39, 0.29) is 207 Å². The average Bonchev–Trinajstić information content (AvgIpc) is 2.06. The summed E-state index contributed by atoms with van der Waals surface area (Å²) in [7, 11) is -37.7. The number of phosphoric acid groups is 7. The first kappa shape index (κ1) is 104. The number of hydrogen-bond acceptors (Lipinski definition) is 28. The molecular formula is Al3Li3O28P7Y3. The van der Waals surface area contributed by atoms with Crippen molar-refractivity contribution >= 4 is 107 Å².